The maximum atomic E-state index is 12.6. The summed E-state index contributed by atoms with van der Waals surface area (Å²) in [6.45, 7) is 4.13. The van der Waals surface area contributed by atoms with Crippen LogP contribution in [0.5, 0.6) is 0 Å². The molecule has 0 fully saturated rings. The van der Waals surface area contributed by atoms with Crippen molar-refractivity contribution in [3.63, 3.8) is 0 Å². The maximum Gasteiger partial charge on any atom is 0.475 e. The molecule has 0 heterocycles. The minimum atomic E-state index is -1.72. The highest BCUT2D eigenvalue weighted by molar-refractivity contribution is 6.43. The van der Waals surface area contributed by atoms with Crippen LogP contribution in [0.15, 0.2) is 4.99 Å². The van der Waals surface area contributed by atoms with Crippen molar-refractivity contribution in [3.8, 4) is 0 Å². The fourth-order valence-corrected chi connectivity index (χ4v) is 2.65. The van der Waals surface area contributed by atoms with E-state index in [4.69, 9.17) is 10.5 Å². The second-order valence-corrected chi connectivity index (χ2v) is 7.12. The van der Waals surface area contributed by atoms with E-state index in [0.717, 1.165) is 0 Å². The molecule has 166 valence electrons. The minimum Gasteiger partial charge on any atom is -0.426 e. The van der Waals surface area contributed by atoms with Crippen molar-refractivity contribution in [2.45, 2.75) is 51.9 Å². The van der Waals surface area contributed by atoms with Gasteiger partial charge in [-0.3, -0.25) is 9.59 Å². The first-order valence-electron chi connectivity index (χ1n) is 9.44. The van der Waals surface area contributed by atoms with Crippen molar-refractivity contribution in [1.82, 2.24) is 10.7 Å². The second-order valence-electron chi connectivity index (χ2n) is 7.12. The molecule has 0 aromatic rings. The molecule has 0 aliphatic carbocycles. The Kier molecular flexibility index (Phi) is 13.6. The van der Waals surface area contributed by atoms with Gasteiger partial charge in [-0.05, 0) is 25.2 Å². The number of guanidine groups is 1. The van der Waals surface area contributed by atoms with Crippen LogP contribution in [0.1, 0.15) is 46.0 Å². The molecule has 0 aromatic carbocycles. The zero-order valence-electron chi connectivity index (χ0n) is 17.2. The third kappa shape index (κ3) is 13.5. The van der Waals surface area contributed by atoms with Crippen LogP contribution < -0.4 is 16.5 Å². The zero-order chi connectivity index (χ0) is 22.4. The first-order chi connectivity index (χ1) is 13.6. The topological polar surface area (TPSA) is 189 Å². The Bertz CT molecular complexity index is 560. The number of Topliss-reactive ketones (excluding diaryl/α,β-unsaturated/α-hetero) is 1. The van der Waals surface area contributed by atoms with Gasteiger partial charge in [0.1, 0.15) is 5.78 Å². The van der Waals surface area contributed by atoms with Crippen LogP contribution in [-0.2, 0) is 14.3 Å². The molecular formula is C16H32BN5O7. The fourth-order valence-electron chi connectivity index (χ4n) is 2.65. The van der Waals surface area contributed by atoms with E-state index in [0.29, 0.717) is 12.8 Å². The third-order valence-corrected chi connectivity index (χ3v) is 4.04. The Morgan fingerprint density at radius 2 is 2.00 bits per heavy atom. The van der Waals surface area contributed by atoms with E-state index in [2.05, 4.69) is 10.3 Å². The lowest BCUT2D eigenvalue weighted by molar-refractivity contribution is -0.525. The van der Waals surface area contributed by atoms with Gasteiger partial charge in [-0.1, -0.05) is 19.3 Å². The van der Waals surface area contributed by atoms with E-state index in [-0.39, 0.29) is 50.1 Å². The molecule has 0 aliphatic rings. The number of nitrogens with zero attached hydrogens (tertiary/aromatic N) is 2. The molecule has 6 N–H and O–H groups in total. The first-order valence-corrected chi connectivity index (χ1v) is 9.44. The monoisotopic (exact) mass is 417 g/mol. The minimum absolute atomic E-state index is 0.0303. The number of amides is 1. The quantitative estimate of drug-likeness (QED) is 0.0556. The molecule has 0 saturated carbocycles. The average molecular weight is 417 g/mol. The lowest BCUT2D eigenvalue weighted by Crippen LogP contribution is -2.49. The van der Waals surface area contributed by atoms with Crippen LogP contribution in [0.2, 0.25) is 0 Å². The summed E-state index contributed by atoms with van der Waals surface area (Å²) in [6, 6.07) is 0. The smallest absolute Gasteiger partial charge is 0.426 e. The van der Waals surface area contributed by atoms with Crippen LogP contribution in [-0.4, -0.2) is 66.1 Å². The SMILES string of the molecule is COCCC(=O)C[C@@H](CCCN=C(N)N[N+](=O)[O-])C(=O)N[C@@H](CC(C)C)B(O)O. The molecule has 0 spiro atoms. The number of nitrogens with two attached hydrogens (primary N) is 1. The number of ketones is 1. The van der Waals surface area contributed by atoms with E-state index < -0.39 is 29.9 Å². The highest BCUT2D eigenvalue weighted by atomic mass is 16.7. The van der Waals surface area contributed by atoms with Gasteiger partial charge in [0, 0.05) is 32.4 Å². The number of aliphatic imine (C=N–C) groups is 1. The predicted molar refractivity (Wildman–Crippen MR) is 107 cm³/mol. The van der Waals surface area contributed by atoms with Crippen molar-refractivity contribution in [1.29, 1.82) is 0 Å². The van der Waals surface area contributed by atoms with Crippen LogP contribution in [0.25, 0.3) is 0 Å². The van der Waals surface area contributed by atoms with Crippen molar-refractivity contribution >= 4 is 24.8 Å². The fraction of sp³-hybridized carbons (Fsp3) is 0.812. The number of hydrazine groups is 1. The molecule has 2 atom stereocenters. The highest BCUT2D eigenvalue weighted by Crippen LogP contribution is 2.16. The molecule has 0 bridgehead atoms. The normalized spacial score (nSPS) is 13.7. The zero-order valence-corrected chi connectivity index (χ0v) is 17.2. The molecule has 0 rings (SSSR count). The van der Waals surface area contributed by atoms with Crippen LogP contribution in [0, 0.1) is 22.0 Å². The summed E-state index contributed by atoms with van der Waals surface area (Å²) >= 11 is 0. The van der Waals surface area contributed by atoms with Gasteiger partial charge < -0.3 is 25.8 Å². The summed E-state index contributed by atoms with van der Waals surface area (Å²) in [5, 5.41) is 31.0. The largest absolute Gasteiger partial charge is 0.475 e. The van der Waals surface area contributed by atoms with Crippen LogP contribution in [0.3, 0.4) is 0 Å². The average Bonchev–Trinajstić information content (AvgIpc) is 2.60. The van der Waals surface area contributed by atoms with Gasteiger partial charge in [0.25, 0.3) is 5.96 Å². The van der Waals surface area contributed by atoms with E-state index in [9.17, 15) is 29.8 Å². The van der Waals surface area contributed by atoms with Gasteiger partial charge in [-0.15, -0.1) is 0 Å². The number of hydrogen-bond donors (Lipinski definition) is 5. The summed E-state index contributed by atoms with van der Waals surface area (Å²) in [4.78, 5) is 38.8. The molecule has 0 unspecified atom stereocenters. The van der Waals surface area contributed by atoms with Crippen molar-refractivity contribution in [2.75, 3.05) is 20.3 Å². The van der Waals surface area contributed by atoms with Gasteiger partial charge >= 0.3 is 7.12 Å². The van der Waals surface area contributed by atoms with Crippen LogP contribution in [0.4, 0.5) is 0 Å². The molecule has 0 saturated heterocycles. The summed E-state index contributed by atoms with van der Waals surface area (Å²) < 4.78 is 4.87. The lowest BCUT2D eigenvalue weighted by Gasteiger charge is -2.23. The number of methoxy groups -OCH3 is 1. The summed E-state index contributed by atoms with van der Waals surface area (Å²) in [5.74, 6) is -2.41. The van der Waals surface area contributed by atoms with Crippen molar-refractivity contribution in [2.24, 2.45) is 22.6 Å². The number of rotatable bonds is 15. The molecule has 29 heavy (non-hydrogen) atoms. The van der Waals surface area contributed by atoms with Crippen molar-refractivity contribution in [3.05, 3.63) is 10.1 Å². The third-order valence-electron chi connectivity index (χ3n) is 4.04. The summed E-state index contributed by atoms with van der Waals surface area (Å²) in [6.07, 6.45) is 1.12. The number of nitro groups is 1. The summed E-state index contributed by atoms with van der Waals surface area (Å²) in [7, 11) is -0.248. The van der Waals surface area contributed by atoms with Gasteiger partial charge in [0.2, 0.25) is 5.91 Å². The number of carbonyl (C=O) groups excluding carboxylic acids is 2. The van der Waals surface area contributed by atoms with E-state index >= 15 is 0 Å². The van der Waals surface area contributed by atoms with Crippen LogP contribution >= 0.6 is 0 Å². The standard InChI is InChI=1S/C16H32BN5O7/c1-11(2)9-14(17(25)26)20-15(24)12(10-13(23)6-8-29-3)5-4-7-19-16(18)21-22(27)28/h11-12,14,25-26H,4-10H2,1-3H3,(H,20,24)(H3,18,19,21)/t12-,14+/m1/s1. The molecular weight excluding hydrogens is 385 g/mol. The number of carbonyl (C=O) groups is 2. The van der Waals surface area contributed by atoms with E-state index in [1.54, 1.807) is 5.43 Å². The second kappa shape index (κ2) is 14.7. The number of hydrogen-bond acceptors (Lipinski definition) is 8. The molecule has 0 radical (unpaired) electrons. The molecule has 12 nitrogen and oxygen atoms in total. The Labute approximate surface area is 170 Å². The van der Waals surface area contributed by atoms with E-state index in [1.165, 1.54) is 7.11 Å². The molecule has 0 aromatic heterocycles. The Hall–Kier alpha value is -2.25. The predicted octanol–water partition coefficient (Wildman–Crippen LogP) is -0.983. The maximum absolute atomic E-state index is 12.6. The Morgan fingerprint density at radius 1 is 1.34 bits per heavy atom. The Balaban J connectivity index is 4.95. The van der Waals surface area contributed by atoms with E-state index in [1.807, 2.05) is 13.8 Å². The highest BCUT2D eigenvalue weighted by Gasteiger charge is 2.29. The lowest BCUT2D eigenvalue weighted by atomic mass is 9.74. The van der Waals surface area contributed by atoms with Gasteiger partial charge in [-0.25, -0.2) is 15.1 Å². The molecule has 1 amide bonds. The first kappa shape index (κ1) is 26.8. The Morgan fingerprint density at radius 3 is 2.52 bits per heavy atom. The molecule has 13 heteroatoms. The van der Waals surface area contributed by atoms with Crippen molar-refractivity contribution < 1.29 is 29.4 Å². The van der Waals surface area contributed by atoms with Gasteiger partial charge in [0.15, 0.2) is 5.03 Å². The summed E-state index contributed by atoms with van der Waals surface area (Å²) in [5.41, 5.74) is 7.04. The van der Waals surface area contributed by atoms with Gasteiger partial charge in [0.05, 0.1) is 12.5 Å². The van der Waals surface area contributed by atoms with Gasteiger partial charge in [-0.2, -0.15) is 0 Å². The molecule has 0 aliphatic heterocycles. The number of ether oxygens (including phenoxy) is 1. The number of nitrogens with one attached hydrogen (secondary N) is 2.